The lowest BCUT2D eigenvalue weighted by Crippen LogP contribution is -2.42. The van der Waals surface area contributed by atoms with Gasteiger partial charge in [0, 0.05) is 19.2 Å². The Labute approximate surface area is 107 Å². The molecule has 0 aromatic rings. The van der Waals surface area contributed by atoms with E-state index in [0.29, 0.717) is 6.04 Å². The third kappa shape index (κ3) is 9.53. The molecule has 0 saturated carbocycles. The Morgan fingerprint density at radius 3 is 2.35 bits per heavy atom. The topological polar surface area (TPSA) is 38.7 Å². The van der Waals surface area contributed by atoms with Gasteiger partial charge in [0.25, 0.3) is 0 Å². The Morgan fingerprint density at radius 1 is 1.18 bits per heavy atom. The molecule has 0 radical (unpaired) electrons. The molecule has 0 bridgehead atoms. The maximum absolute atomic E-state index is 9.03. The fourth-order valence-electron chi connectivity index (χ4n) is 2.00. The number of aliphatic hydroxyl groups is 1. The van der Waals surface area contributed by atoms with Crippen molar-refractivity contribution in [2.45, 2.75) is 32.7 Å². The molecule has 4 nitrogen and oxygen atoms in total. The van der Waals surface area contributed by atoms with E-state index in [1.165, 1.54) is 6.42 Å². The monoisotopic (exact) mass is 245 g/mol. The highest BCUT2D eigenvalue weighted by atomic mass is 16.3. The number of aliphatic hydroxyl groups excluding tert-OH is 1. The van der Waals surface area contributed by atoms with Gasteiger partial charge in [-0.2, -0.15) is 0 Å². The summed E-state index contributed by atoms with van der Waals surface area (Å²) in [6, 6.07) is 0.421. The van der Waals surface area contributed by atoms with Crippen LogP contribution in [0.25, 0.3) is 0 Å². The first-order chi connectivity index (χ1) is 8.13. The van der Waals surface area contributed by atoms with E-state index in [1.807, 2.05) is 0 Å². The number of hydrogen-bond acceptors (Lipinski definition) is 4. The lowest BCUT2D eigenvalue weighted by atomic mass is 10.2. The Morgan fingerprint density at radius 2 is 1.88 bits per heavy atom. The predicted octanol–water partition coefficient (Wildman–Crippen LogP) is 0.621. The Bertz CT molecular complexity index is 159. The molecule has 0 saturated heterocycles. The van der Waals surface area contributed by atoms with E-state index in [9.17, 15) is 0 Å². The van der Waals surface area contributed by atoms with Crippen molar-refractivity contribution in [3.63, 3.8) is 0 Å². The highest BCUT2D eigenvalue weighted by molar-refractivity contribution is 4.71. The lowest BCUT2D eigenvalue weighted by Gasteiger charge is -2.27. The lowest BCUT2D eigenvalue weighted by molar-refractivity contribution is 0.208. The average molecular weight is 245 g/mol. The number of nitrogens with zero attached hydrogens (tertiary/aromatic N) is 2. The van der Waals surface area contributed by atoms with Gasteiger partial charge in [0.2, 0.25) is 0 Å². The van der Waals surface area contributed by atoms with Gasteiger partial charge >= 0.3 is 0 Å². The number of hydrogen-bond donors (Lipinski definition) is 2. The van der Waals surface area contributed by atoms with Crippen LogP contribution < -0.4 is 5.32 Å². The van der Waals surface area contributed by atoms with Crippen LogP contribution in [-0.4, -0.2) is 74.4 Å². The minimum Gasteiger partial charge on any atom is -0.396 e. The predicted molar refractivity (Wildman–Crippen MR) is 74.5 cm³/mol. The molecular weight excluding hydrogens is 214 g/mol. The van der Waals surface area contributed by atoms with E-state index in [-0.39, 0.29) is 6.61 Å². The van der Waals surface area contributed by atoms with Crippen molar-refractivity contribution in [2.75, 3.05) is 53.4 Å². The van der Waals surface area contributed by atoms with Crippen LogP contribution in [0.4, 0.5) is 0 Å². The van der Waals surface area contributed by atoms with Crippen molar-refractivity contribution in [1.82, 2.24) is 15.1 Å². The van der Waals surface area contributed by atoms with E-state index in [1.54, 1.807) is 0 Å². The Hall–Kier alpha value is -0.160. The Balaban J connectivity index is 3.89. The summed E-state index contributed by atoms with van der Waals surface area (Å²) in [5.41, 5.74) is 0. The second-order valence-electron chi connectivity index (χ2n) is 4.82. The molecule has 17 heavy (non-hydrogen) atoms. The third-order valence-corrected chi connectivity index (χ3v) is 2.98. The largest absolute Gasteiger partial charge is 0.396 e. The van der Waals surface area contributed by atoms with E-state index in [4.69, 9.17) is 5.11 Å². The molecule has 0 rings (SSSR count). The van der Waals surface area contributed by atoms with Crippen LogP contribution in [0.3, 0.4) is 0 Å². The zero-order valence-electron chi connectivity index (χ0n) is 12.1. The van der Waals surface area contributed by atoms with Crippen molar-refractivity contribution in [3.05, 3.63) is 0 Å². The molecule has 0 aliphatic rings. The molecule has 0 heterocycles. The number of rotatable bonds is 11. The first-order valence-electron chi connectivity index (χ1n) is 6.85. The van der Waals surface area contributed by atoms with Gasteiger partial charge in [-0.05, 0) is 53.1 Å². The molecular formula is C13H31N3O. The average Bonchev–Trinajstić information content (AvgIpc) is 2.27. The van der Waals surface area contributed by atoms with Crippen molar-refractivity contribution in [3.8, 4) is 0 Å². The van der Waals surface area contributed by atoms with Gasteiger partial charge in [-0.3, -0.25) is 0 Å². The maximum atomic E-state index is 9.03. The first kappa shape index (κ1) is 16.8. The van der Waals surface area contributed by atoms with Crippen LogP contribution in [0.1, 0.15) is 26.7 Å². The van der Waals surface area contributed by atoms with Crippen LogP contribution in [0.15, 0.2) is 0 Å². The van der Waals surface area contributed by atoms with Gasteiger partial charge in [-0.15, -0.1) is 0 Å². The molecule has 1 unspecified atom stereocenters. The fourth-order valence-corrected chi connectivity index (χ4v) is 2.00. The van der Waals surface area contributed by atoms with Crippen LogP contribution in [0, 0.1) is 0 Å². The molecule has 0 aromatic carbocycles. The molecule has 0 aliphatic heterocycles. The maximum Gasteiger partial charge on any atom is 0.0446 e. The summed E-state index contributed by atoms with van der Waals surface area (Å²) in [6.45, 7) is 9.97. The van der Waals surface area contributed by atoms with Crippen LogP contribution in [0.2, 0.25) is 0 Å². The van der Waals surface area contributed by atoms with Crippen molar-refractivity contribution < 1.29 is 5.11 Å². The molecule has 0 amide bonds. The van der Waals surface area contributed by atoms with Crippen LogP contribution >= 0.6 is 0 Å². The zero-order valence-corrected chi connectivity index (χ0v) is 12.1. The van der Waals surface area contributed by atoms with E-state index in [2.05, 4.69) is 43.1 Å². The van der Waals surface area contributed by atoms with Crippen molar-refractivity contribution in [1.29, 1.82) is 0 Å². The van der Waals surface area contributed by atoms with Crippen molar-refractivity contribution in [2.24, 2.45) is 0 Å². The van der Waals surface area contributed by atoms with Gasteiger partial charge in [-0.25, -0.2) is 0 Å². The zero-order chi connectivity index (χ0) is 13.1. The molecule has 0 aromatic heterocycles. The summed E-state index contributed by atoms with van der Waals surface area (Å²) in [6.07, 6.45) is 2.05. The molecule has 1 atom stereocenters. The summed E-state index contributed by atoms with van der Waals surface area (Å²) in [5.74, 6) is 0. The molecule has 4 heteroatoms. The first-order valence-corrected chi connectivity index (χ1v) is 6.85. The third-order valence-electron chi connectivity index (χ3n) is 2.98. The summed E-state index contributed by atoms with van der Waals surface area (Å²) in [5, 5.41) is 12.5. The highest BCUT2D eigenvalue weighted by Gasteiger charge is 2.11. The molecule has 0 fully saturated rings. The standard InChI is InChI=1S/C13H31N3O/c1-5-14-13(8-11-17)12-16(6-2)10-7-9-15(3)4/h13-14,17H,5-12H2,1-4H3. The summed E-state index contributed by atoms with van der Waals surface area (Å²) < 4.78 is 0. The second-order valence-corrected chi connectivity index (χ2v) is 4.82. The molecule has 0 spiro atoms. The SMILES string of the molecule is CCNC(CCO)CN(CC)CCCN(C)C. The molecule has 104 valence electrons. The minimum absolute atomic E-state index is 0.271. The van der Waals surface area contributed by atoms with E-state index >= 15 is 0 Å². The van der Waals surface area contributed by atoms with E-state index in [0.717, 1.165) is 39.1 Å². The van der Waals surface area contributed by atoms with Gasteiger partial charge in [-0.1, -0.05) is 13.8 Å². The summed E-state index contributed by atoms with van der Waals surface area (Å²) >= 11 is 0. The molecule has 0 aliphatic carbocycles. The number of likely N-dealkylation sites (N-methyl/N-ethyl adjacent to an activating group) is 2. The highest BCUT2D eigenvalue weighted by Crippen LogP contribution is 1.99. The van der Waals surface area contributed by atoms with Crippen LogP contribution in [0.5, 0.6) is 0 Å². The fraction of sp³-hybridized carbons (Fsp3) is 1.00. The van der Waals surface area contributed by atoms with Crippen molar-refractivity contribution >= 4 is 0 Å². The van der Waals surface area contributed by atoms with Gasteiger partial charge in [0.1, 0.15) is 0 Å². The quantitative estimate of drug-likeness (QED) is 0.560. The summed E-state index contributed by atoms with van der Waals surface area (Å²) in [4.78, 5) is 4.69. The van der Waals surface area contributed by atoms with Gasteiger partial charge in [0.05, 0.1) is 0 Å². The number of nitrogens with one attached hydrogen (secondary N) is 1. The minimum atomic E-state index is 0.271. The van der Waals surface area contributed by atoms with Crippen LogP contribution in [-0.2, 0) is 0 Å². The van der Waals surface area contributed by atoms with E-state index < -0.39 is 0 Å². The Kier molecular flexibility index (Phi) is 10.9. The second kappa shape index (κ2) is 11.0. The van der Waals surface area contributed by atoms with Gasteiger partial charge in [0.15, 0.2) is 0 Å². The molecule has 2 N–H and O–H groups in total. The summed E-state index contributed by atoms with van der Waals surface area (Å²) in [7, 11) is 4.23. The smallest absolute Gasteiger partial charge is 0.0446 e. The normalized spacial score (nSPS) is 13.6. The van der Waals surface area contributed by atoms with Gasteiger partial charge < -0.3 is 20.2 Å².